The summed E-state index contributed by atoms with van der Waals surface area (Å²) < 4.78 is 52.4. The van der Waals surface area contributed by atoms with Gasteiger partial charge in [0.2, 0.25) is 0 Å². The zero-order valence-electron chi connectivity index (χ0n) is 19.7. The Labute approximate surface area is 199 Å². The first-order valence-corrected chi connectivity index (χ1v) is 12.6. The van der Waals surface area contributed by atoms with Crippen LogP contribution in [0.2, 0.25) is 0 Å². The third kappa shape index (κ3) is 5.07. The van der Waals surface area contributed by atoms with Crippen LogP contribution in [0.3, 0.4) is 0 Å². The monoisotopic (exact) mass is 477 g/mol. The van der Waals surface area contributed by atoms with Crippen molar-refractivity contribution < 1.29 is 22.6 Å². The Morgan fingerprint density at radius 2 is 1.82 bits per heavy atom. The second kappa shape index (κ2) is 9.67. The summed E-state index contributed by atoms with van der Waals surface area (Å²) in [5.41, 5.74) is -0.553. The van der Waals surface area contributed by atoms with E-state index >= 15 is 0 Å². The third-order valence-electron chi connectivity index (χ3n) is 8.48. The predicted molar refractivity (Wildman–Crippen MR) is 122 cm³/mol. The molecule has 8 heteroatoms. The van der Waals surface area contributed by atoms with E-state index in [1.807, 2.05) is 0 Å². The Balaban J connectivity index is 1.33. The second-order valence-corrected chi connectivity index (χ2v) is 10.6. The van der Waals surface area contributed by atoms with Gasteiger partial charge in [-0.05, 0) is 81.1 Å². The number of halogens is 3. The Kier molecular flexibility index (Phi) is 6.80. The van der Waals surface area contributed by atoms with Crippen molar-refractivity contribution in [3.05, 3.63) is 29.3 Å². The molecule has 1 unspecified atom stereocenters. The van der Waals surface area contributed by atoms with Gasteiger partial charge in [-0.15, -0.1) is 0 Å². The molecule has 34 heavy (non-hydrogen) atoms. The van der Waals surface area contributed by atoms with E-state index in [0.29, 0.717) is 36.7 Å². The van der Waals surface area contributed by atoms with Gasteiger partial charge in [-0.2, -0.15) is 18.4 Å². The van der Waals surface area contributed by atoms with Crippen LogP contribution in [0.1, 0.15) is 49.7 Å². The third-order valence-corrected chi connectivity index (χ3v) is 8.48. The first-order valence-electron chi connectivity index (χ1n) is 12.6. The van der Waals surface area contributed by atoms with Gasteiger partial charge < -0.3 is 19.3 Å². The fourth-order valence-electron chi connectivity index (χ4n) is 6.13. The first kappa shape index (κ1) is 23.9. The molecule has 1 aromatic carbocycles. The van der Waals surface area contributed by atoms with Gasteiger partial charge in [-0.1, -0.05) is 0 Å². The summed E-state index contributed by atoms with van der Waals surface area (Å²) in [6, 6.07) is 6.43. The van der Waals surface area contributed by atoms with Crippen molar-refractivity contribution in [2.45, 2.75) is 50.7 Å². The molecule has 3 saturated heterocycles. The van der Waals surface area contributed by atoms with E-state index in [4.69, 9.17) is 14.7 Å². The van der Waals surface area contributed by atoms with Crippen molar-refractivity contribution in [3.63, 3.8) is 0 Å². The summed E-state index contributed by atoms with van der Waals surface area (Å²) in [5, 5.41) is 9.17. The van der Waals surface area contributed by atoms with Crippen LogP contribution in [0.5, 0.6) is 0 Å². The van der Waals surface area contributed by atoms with Crippen LogP contribution < -0.4 is 4.90 Å². The van der Waals surface area contributed by atoms with Gasteiger partial charge in [-0.25, -0.2) is 0 Å². The molecule has 0 bridgehead atoms. The van der Waals surface area contributed by atoms with Crippen molar-refractivity contribution in [1.29, 1.82) is 5.26 Å². The smallest absolute Gasteiger partial charge is 0.381 e. The number of hydrogen-bond donors (Lipinski definition) is 0. The average Bonchev–Trinajstić information content (AvgIpc) is 3.61. The lowest BCUT2D eigenvalue weighted by Crippen LogP contribution is -2.50. The maximum absolute atomic E-state index is 13.6. The molecular formula is C26H34F3N3O2. The Bertz CT molecular complexity index is 898. The summed E-state index contributed by atoms with van der Waals surface area (Å²) >= 11 is 0. The number of piperidine rings is 1. The van der Waals surface area contributed by atoms with E-state index in [2.05, 4.69) is 9.80 Å². The molecule has 1 spiro atoms. The summed E-state index contributed by atoms with van der Waals surface area (Å²) in [7, 11) is 0. The van der Waals surface area contributed by atoms with Gasteiger partial charge in [0.1, 0.15) is 0 Å². The molecule has 3 heterocycles. The average molecular weight is 478 g/mol. The fraction of sp³-hybridized carbons (Fsp3) is 0.731. The van der Waals surface area contributed by atoms with Gasteiger partial charge in [-0.3, -0.25) is 0 Å². The molecular weight excluding hydrogens is 443 g/mol. The maximum atomic E-state index is 13.6. The zero-order valence-corrected chi connectivity index (χ0v) is 19.7. The number of hydrogen-bond acceptors (Lipinski definition) is 5. The molecule has 0 aromatic heterocycles. The Hall–Kier alpha value is -1.82. The van der Waals surface area contributed by atoms with Gasteiger partial charge in [0.25, 0.3) is 0 Å². The lowest BCUT2D eigenvalue weighted by molar-refractivity contribution is -0.137. The second-order valence-electron chi connectivity index (χ2n) is 10.6. The summed E-state index contributed by atoms with van der Waals surface area (Å²) in [6.07, 6.45) is 2.19. The van der Waals surface area contributed by atoms with E-state index in [0.717, 1.165) is 71.2 Å². The van der Waals surface area contributed by atoms with E-state index < -0.39 is 11.7 Å². The summed E-state index contributed by atoms with van der Waals surface area (Å²) in [5.74, 6) is 0.991. The normalized spacial score (nSPS) is 26.2. The molecule has 1 atom stereocenters. The lowest BCUT2D eigenvalue weighted by Gasteiger charge is -2.45. The minimum Gasteiger partial charge on any atom is -0.381 e. The highest BCUT2D eigenvalue weighted by Crippen LogP contribution is 2.47. The van der Waals surface area contributed by atoms with E-state index in [9.17, 15) is 13.2 Å². The van der Waals surface area contributed by atoms with E-state index in [-0.39, 0.29) is 11.0 Å². The number of nitrogens with zero attached hydrogens (tertiary/aromatic N) is 3. The lowest BCUT2D eigenvalue weighted by atomic mass is 9.71. The molecule has 1 aliphatic carbocycles. The zero-order chi connectivity index (χ0) is 23.8. The van der Waals surface area contributed by atoms with Crippen molar-refractivity contribution in [2.24, 2.45) is 17.3 Å². The van der Waals surface area contributed by atoms with Crippen LogP contribution in [0.25, 0.3) is 0 Å². The van der Waals surface area contributed by atoms with Gasteiger partial charge in [0.15, 0.2) is 0 Å². The molecule has 5 rings (SSSR count). The number of anilines is 1. The van der Waals surface area contributed by atoms with Gasteiger partial charge in [0.05, 0.1) is 23.8 Å². The number of ether oxygens (including phenoxy) is 2. The number of nitriles is 1. The van der Waals surface area contributed by atoms with Crippen LogP contribution in [-0.2, 0) is 15.7 Å². The highest BCUT2D eigenvalue weighted by atomic mass is 19.4. The molecule has 5 nitrogen and oxygen atoms in total. The van der Waals surface area contributed by atoms with Crippen LogP contribution in [0, 0.1) is 28.6 Å². The molecule has 1 aromatic rings. The van der Waals surface area contributed by atoms with E-state index in [1.54, 1.807) is 12.1 Å². The van der Waals surface area contributed by atoms with Crippen molar-refractivity contribution in [2.75, 3.05) is 57.5 Å². The SMILES string of the molecule is N#Cc1ccc(N2CC(COCC3CC3)C3(CCN(C4CCOCC4)CC3)C2)cc1C(F)(F)F. The van der Waals surface area contributed by atoms with E-state index in [1.165, 1.54) is 18.9 Å². The minimum absolute atomic E-state index is 0.0531. The van der Waals surface area contributed by atoms with Crippen LogP contribution in [0.4, 0.5) is 18.9 Å². The first-order chi connectivity index (χ1) is 16.4. The standard InChI is InChI=1S/C26H34F3N3O2/c27-26(28,29)24-13-23(4-3-20(24)14-30)32-15-21(17-34-16-19-1-2-19)25(18-32)7-9-31(10-8-25)22-5-11-33-12-6-22/h3-4,13,19,21-22H,1-2,5-12,15-18H2. The van der Waals surface area contributed by atoms with Crippen molar-refractivity contribution in [3.8, 4) is 6.07 Å². The summed E-state index contributed by atoms with van der Waals surface area (Å²) in [6.45, 7) is 6.64. The topological polar surface area (TPSA) is 48.7 Å². The molecule has 1 saturated carbocycles. The molecule has 0 radical (unpaired) electrons. The van der Waals surface area contributed by atoms with Gasteiger partial charge in [0, 0.05) is 50.6 Å². The van der Waals surface area contributed by atoms with Crippen LogP contribution >= 0.6 is 0 Å². The molecule has 4 fully saturated rings. The van der Waals surface area contributed by atoms with Crippen LogP contribution in [-0.4, -0.2) is 63.5 Å². The number of benzene rings is 1. The van der Waals surface area contributed by atoms with Crippen LogP contribution in [0.15, 0.2) is 18.2 Å². The maximum Gasteiger partial charge on any atom is 0.417 e. The molecule has 186 valence electrons. The largest absolute Gasteiger partial charge is 0.417 e. The van der Waals surface area contributed by atoms with Crippen molar-refractivity contribution in [1.82, 2.24) is 4.90 Å². The molecule has 3 aliphatic heterocycles. The predicted octanol–water partition coefficient (Wildman–Crippen LogP) is 4.70. The highest BCUT2D eigenvalue weighted by Gasteiger charge is 2.49. The van der Waals surface area contributed by atoms with Gasteiger partial charge >= 0.3 is 6.18 Å². The highest BCUT2D eigenvalue weighted by molar-refractivity contribution is 5.56. The fourth-order valence-corrected chi connectivity index (χ4v) is 6.13. The quantitative estimate of drug-likeness (QED) is 0.595. The van der Waals surface area contributed by atoms with Crippen molar-refractivity contribution >= 4 is 5.69 Å². The molecule has 0 amide bonds. The number of likely N-dealkylation sites (tertiary alicyclic amines) is 1. The number of rotatable bonds is 6. The summed E-state index contributed by atoms with van der Waals surface area (Å²) in [4.78, 5) is 4.70. The Morgan fingerprint density at radius 1 is 1.09 bits per heavy atom. The Morgan fingerprint density at radius 3 is 2.47 bits per heavy atom. The molecule has 4 aliphatic rings. The number of alkyl halides is 3. The molecule has 0 N–H and O–H groups in total. The minimum atomic E-state index is -4.54.